The Labute approximate surface area is 209 Å². The van der Waals surface area contributed by atoms with Crippen LogP contribution in [0.3, 0.4) is 0 Å². The Morgan fingerprint density at radius 1 is 1.03 bits per heavy atom. The predicted octanol–water partition coefficient (Wildman–Crippen LogP) is 5.86. The first-order valence-electron chi connectivity index (χ1n) is 11.7. The Morgan fingerprint density at radius 2 is 1.76 bits per heavy atom. The first-order valence-corrected chi connectivity index (χ1v) is 12.4. The number of para-hydroxylation sites is 1. The van der Waals surface area contributed by atoms with Crippen LogP contribution in [-0.4, -0.2) is 59.6 Å². The van der Waals surface area contributed by atoms with Gasteiger partial charge >= 0.3 is 6.09 Å². The highest BCUT2D eigenvalue weighted by molar-refractivity contribution is 6.42. The molecule has 6 nitrogen and oxygen atoms in total. The van der Waals surface area contributed by atoms with E-state index in [0.717, 1.165) is 28.5 Å². The normalized spacial score (nSPS) is 14.9. The van der Waals surface area contributed by atoms with Gasteiger partial charge in [-0.05, 0) is 42.2 Å². The lowest BCUT2D eigenvalue weighted by atomic mass is 9.87. The second kappa shape index (κ2) is 10.7. The van der Waals surface area contributed by atoms with E-state index in [-0.39, 0.29) is 17.9 Å². The number of halogens is 2. The Kier molecular flexibility index (Phi) is 7.69. The van der Waals surface area contributed by atoms with Crippen LogP contribution < -0.4 is 0 Å². The fourth-order valence-corrected chi connectivity index (χ4v) is 4.92. The molecule has 0 bridgehead atoms. The van der Waals surface area contributed by atoms with Crippen molar-refractivity contribution < 1.29 is 14.3 Å². The van der Waals surface area contributed by atoms with Gasteiger partial charge in [0.1, 0.15) is 0 Å². The molecule has 180 valence electrons. The van der Waals surface area contributed by atoms with Crippen LogP contribution in [0.5, 0.6) is 0 Å². The molecule has 1 aliphatic rings. The van der Waals surface area contributed by atoms with Crippen LogP contribution in [0.4, 0.5) is 4.79 Å². The molecule has 1 aromatic heterocycles. The van der Waals surface area contributed by atoms with Crippen molar-refractivity contribution in [1.82, 2.24) is 14.8 Å². The van der Waals surface area contributed by atoms with Crippen LogP contribution in [0.2, 0.25) is 10.0 Å². The van der Waals surface area contributed by atoms with Crippen molar-refractivity contribution >= 4 is 46.1 Å². The first kappa shape index (κ1) is 24.4. The van der Waals surface area contributed by atoms with Gasteiger partial charge in [-0.3, -0.25) is 4.79 Å². The zero-order valence-electron chi connectivity index (χ0n) is 19.4. The minimum atomic E-state index is -0.325. The molecule has 0 aliphatic carbocycles. The molecule has 1 N–H and O–H groups in total. The Bertz CT molecular complexity index is 1190. The number of aryl methyl sites for hydroxylation is 1. The molecule has 1 fully saturated rings. The standard InChI is InChI=1S/C26H29Cl2N3O3/c1-3-17-6-5-7-19-21(16-29-25(17)19)20(18-8-9-22(27)23(28)14-18)15-24(32)30-10-12-31(13-11-30)26(33)34-4-2/h5-9,14,16,20,29H,3-4,10-13,15H2,1-2H3/t20-/m0/s1. The number of piperazine rings is 1. The maximum atomic E-state index is 13.4. The van der Waals surface area contributed by atoms with Crippen molar-refractivity contribution in [1.29, 1.82) is 0 Å². The van der Waals surface area contributed by atoms with Gasteiger partial charge < -0.3 is 19.5 Å². The SMILES string of the molecule is CCOC(=O)N1CCN(C(=O)C[C@@H](c2ccc(Cl)c(Cl)c2)c2c[nH]c3c(CC)cccc23)CC1. The fraction of sp³-hybridized carbons (Fsp3) is 0.385. The zero-order chi connectivity index (χ0) is 24.2. The van der Waals surface area contributed by atoms with Crippen molar-refractivity contribution in [2.75, 3.05) is 32.8 Å². The van der Waals surface area contributed by atoms with E-state index < -0.39 is 0 Å². The quantitative estimate of drug-likeness (QED) is 0.459. The zero-order valence-corrected chi connectivity index (χ0v) is 21.0. The van der Waals surface area contributed by atoms with Gasteiger partial charge in [0.05, 0.1) is 16.7 Å². The number of nitrogens with one attached hydrogen (secondary N) is 1. The molecule has 0 unspecified atom stereocenters. The topological polar surface area (TPSA) is 65.6 Å². The number of carbonyl (C=O) groups excluding carboxylic acids is 2. The number of rotatable bonds is 6. The van der Waals surface area contributed by atoms with Crippen molar-refractivity contribution in [2.24, 2.45) is 0 Å². The molecule has 2 amide bonds. The molecule has 0 radical (unpaired) electrons. The molecule has 2 heterocycles. The Morgan fingerprint density at radius 3 is 2.44 bits per heavy atom. The second-order valence-electron chi connectivity index (χ2n) is 8.43. The maximum absolute atomic E-state index is 13.4. The average Bonchev–Trinajstić information content (AvgIpc) is 3.28. The molecule has 8 heteroatoms. The van der Waals surface area contributed by atoms with E-state index in [1.807, 2.05) is 23.2 Å². The molecule has 1 aliphatic heterocycles. The van der Waals surface area contributed by atoms with Crippen LogP contribution in [0.25, 0.3) is 10.9 Å². The van der Waals surface area contributed by atoms with Gasteiger partial charge in [0, 0.05) is 55.6 Å². The molecule has 2 aromatic carbocycles. The third-order valence-electron chi connectivity index (χ3n) is 6.47. The summed E-state index contributed by atoms with van der Waals surface area (Å²) >= 11 is 12.5. The van der Waals surface area contributed by atoms with Gasteiger partial charge in [0.15, 0.2) is 0 Å². The van der Waals surface area contributed by atoms with Gasteiger partial charge in [-0.15, -0.1) is 0 Å². The molecular formula is C26H29Cl2N3O3. The summed E-state index contributed by atoms with van der Waals surface area (Å²) in [6, 6.07) is 11.8. The summed E-state index contributed by atoms with van der Waals surface area (Å²) in [5, 5.41) is 2.06. The number of fused-ring (bicyclic) bond motifs is 1. The van der Waals surface area contributed by atoms with Crippen LogP contribution in [0, 0.1) is 0 Å². The van der Waals surface area contributed by atoms with Crippen molar-refractivity contribution in [3.05, 3.63) is 69.3 Å². The summed E-state index contributed by atoms with van der Waals surface area (Å²) in [5.74, 6) is -0.146. The maximum Gasteiger partial charge on any atom is 0.409 e. The molecular weight excluding hydrogens is 473 g/mol. The van der Waals surface area contributed by atoms with E-state index in [9.17, 15) is 9.59 Å². The highest BCUT2D eigenvalue weighted by Crippen LogP contribution is 2.37. The first-order chi connectivity index (χ1) is 16.4. The van der Waals surface area contributed by atoms with Crippen LogP contribution in [-0.2, 0) is 16.0 Å². The van der Waals surface area contributed by atoms with Gasteiger partial charge in [-0.2, -0.15) is 0 Å². The molecule has 34 heavy (non-hydrogen) atoms. The van der Waals surface area contributed by atoms with Crippen molar-refractivity contribution in [3.63, 3.8) is 0 Å². The number of hydrogen-bond acceptors (Lipinski definition) is 3. The van der Waals surface area contributed by atoms with Crippen LogP contribution in [0.1, 0.15) is 42.9 Å². The second-order valence-corrected chi connectivity index (χ2v) is 9.25. The van der Waals surface area contributed by atoms with Gasteiger partial charge in [-0.25, -0.2) is 4.79 Å². The number of amides is 2. The number of benzene rings is 2. The third kappa shape index (κ3) is 5.03. The Hall–Kier alpha value is -2.70. The molecule has 1 saturated heterocycles. The number of ether oxygens (including phenoxy) is 1. The number of carbonyl (C=O) groups is 2. The highest BCUT2D eigenvalue weighted by Gasteiger charge is 2.29. The monoisotopic (exact) mass is 501 g/mol. The summed E-state index contributed by atoms with van der Waals surface area (Å²) < 4.78 is 5.09. The summed E-state index contributed by atoms with van der Waals surface area (Å²) in [6.07, 6.45) is 2.89. The van der Waals surface area contributed by atoms with E-state index in [1.54, 1.807) is 17.9 Å². The largest absolute Gasteiger partial charge is 0.450 e. The molecule has 0 spiro atoms. The average molecular weight is 502 g/mol. The smallest absolute Gasteiger partial charge is 0.409 e. The number of aromatic amines is 1. The van der Waals surface area contributed by atoms with E-state index in [1.165, 1.54) is 5.56 Å². The lowest BCUT2D eigenvalue weighted by Gasteiger charge is -2.34. The minimum absolute atomic E-state index is 0.0422. The lowest BCUT2D eigenvalue weighted by Crippen LogP contribution is -2.50. The molecule has 3 aromatic rings. The third-order valence-corrected chi connectivity index (χ3v) is 7.21. The number of nitrogens with zero attached hydrogens (tertiary/aromatic N) is 2. The van der Waals surface area contributed by atoms with E-state index >= 15 is 0 Å². The van der Waals surface area contributed by atoms with E-state index in [4.69, 9.17) is 27.9 Å². The predicted molar refractivity (Wildman–Crippen MR) is 136 cm³/mol. The van der Waals surface area contributed by atoms with Crippen LogP contribution >= 0.6 is 23.2 Å². The van der Waals surface area contributed by atoms with E-state index in [0.29, 0.717) is 49.3 Å². The van der Waals surface area contributed by atoms with Gasteiger partial charge in [0.2, 0.25) is 5.91 Å². The van der Waals surface area contributed by atoms with Gasteiger partial charge in [-0.1, -0.05) is 54.4 Å². The summed E-state index contributed by atoms with van der Waals surface area (Å²) in [7, 11) is 0. The fourth-order valence-electron chi connectivity index (χ4n) is 4.62. The highest BCUT2D eigenvalue weighted by atomic mass is 35.5. The summed E-state index contributed by atoms with van der Waals surface area (Å²) in [4.78, 5) is 32.3. The number of hydrogen-bond donors (Lipinski definition) is 1. The molecule has 1 atom stereocenters. The number of H-pyrrole nitrogens is 1. The van der Waals surface area contributed by atoms with Crippen LogP contribution in [0.15, 0.2) is 42.6 Å². The molecule has 4 rings (SSSR count). The molecule has 0 saturated carbocycles. The van der Waals surface area contributed by atoms with E-state index in [2.05, 4.69) is 30.1 Å². The Balaban J connectivity index is 1.61. The summed E-state index contributed by atoms with van der Waals surface area (Å²) in [5.41, 5.74) is 4.33. The van der Waals surface area contributed by atoms with Crippen molar-refractivity contribution in [2.45, 2.75) is 32.6 Å². The number of aromatic nitrogens is 1. The van der Waals surface area contributed by atoms with Crippen molar-refractivity contribution in [3.8, 4) is 0 Å². The van der Waals surface area contributed by atoms with Gasteiger partial charge in [0.25, 0.3) is 0 Å². The lowest BCUT2D eigenvalue weighted by molar-refractivity contribution is -0.133. The minimum Gasteiger partial charge on any atom is -0.450 e. The summed E-state index contributed by atoms with van der Waals surface area (Å²) in [6.45, 7) is 6.16.